The van der Waals surface area contributed by atoms with Crippen LogP contribution in [0.3, 0.4) is 0 Å². The number of aryl methyl sites for hydroxylation is 2. The Balaban J connectivity index is 1.75. The Labute approximate surface area is 141 Å². The maximum Gasteiger partial charge on any atom is 0.229 e. The quantitative estimate of drug-likeness (QED) is 0.797. The highest BCUT2D eigenvalue weighted by atomic mass is 15.3. The molecule has 0 bridgehead atoms. The summed E-state index contributed by atoms with van der Waals surface area (Å²) in [5.41, 5.74) is 3.17. The Bertz CT molecular complexity index is 857. The molecule has 0 radical (unpaired) electrons. The first-order chi connectivity index (χ1) is 11.6. The topological polar surface area (TPSA) is 65.9 Å². The van der Waals surface area contributed by atoms with Crippen molar-refractivity contribution >= 4 is 22.8 Å². The van der Waals surface area contributed by atoms with Crippen molar-refractivity contribution in [2.75, 3.05) is 29.9 Å². The Morgan fingerprint density at radius 3 is 2.75 bits per heavy atom. The van der Waals surface area contributed by atoms with Crippen LogP contribution < -0.4 is 9.80 Å². The van der Waals surface area contributed by atoms with E-state index in [0.29, 0.717) is 0 Å². The third kappa shape index (κ3) is 2.60. The highest BCUT2D eigenvalue weighted by molar-refractivity contribution is 5.89. The van der Waals surface area contributed by atoms with Gasteiger partial charge in [0.1, 0.15) is 11.5 Å². The van der Waals surface area contributed by atoms with Gasteiger partial charge in [0.15, 0.2) is 0 Å². The summed E-state index contributed by atoms with van der Waals surface area (Å²) in [5.74, 6) is 1.79. The SMILES string of the molecule is Cc1cc2c(N(C)Cc3ccnn3C)nc(N3CCCC3)nc2[nH]1. The number of H-pyrrole nitrogens is 1. The Kier molecular flexibility index (Phi) is 3.63. The minimum Gasteiger partial charge on any atom is -0.353 e. The van der Waals surface area contributed by atoms with Gasteiger partial charge in [-0.1, -0.05) is 0 Å². The third-order valence-corrected chi connectivity index (χ3v) is 4.66. The Morgan fingerprint density at radius 2 is 2.04 bits per heavy atom. The molecule has 0 atom stereocenters. The van der Waals surface area contributed by atoms with Crippen LogP contribution in [0.1, 0.15) is 24.2 Å². The van der Waals surface area contributed by atoms with Crippen molar-refractivity contribution in [1.29, 1.82) is 0 Å². The van der Waals surface area contributed by atoms with Crippen LogP contribution >= 0.6 is 0 Å². The molecule has 4 rings (SSSR count). The maximum atomic E-state index is 4.90. The van der Waals surface area contributed by atoms with E-state index in [9.17, 15) is 0 Å². The van der Waals surface area contributed by atoms with Crippen LogP contribution in [0.15, 0.2) is 18.3 Å². The van der Waals surface area contributed by atoms with Crippen LogP contribution in [-0.4, -0.2) is 44.9 Å². The van der Waals surface area contributed by atoms with Crippen molar-refractivity contribution in [2.24, 2.45) is 7.05 Å². The summed E-state index contributed by atoms with van der Waals surface area (Å²) in [6.07, 6.45) is 4.26. The first-order valence-corrected chi connectivity index (χ1v) is 8.42. The fourth-order valence-electron chi connectivity index (χ4n) is 3.34. The Morgan fingerprint density at radius 1 is 1.25 bits per heavy atom. The predicted octanol–water partition coefficient (Wildman–Crippen LogP) is 2.24. The van der Waals surface area contributed by atoms with Crippen LogP contribution in [0.25, 0.3) is 11.0 Å². The van der Waals surface area contributed by atoms with Gasteiger partial charge < -0.3 is 14.8 Å². The molecule has 0 saturated carbocycles. The number of fused-ring (bicyclic) bond motifs is 1. The lowest BCUT2D eigenvalue weighted by Crippen LogP contribution is -2.24. The minimum absolute atomic E-state index is 0.756. The van der Waals surface area contributed by atoms with Gasteiger partial charge in [-0.25, -0.2) is 0 Å². The molecule has 0 aliphatic carbocycles. The van der Waals surface area contributed by atoms with Crippen molar-refractivity contribution in [1.82, 2.24) is 24.7 Å². The zero-order chi connectivity index (χ0) is 16.7. The number of hydrogen-bond acceptors (Lipinski definition) is 5. The van der Waals surface area contributed by atoms with E-state index in [-0.39, 0.29) is 0 Å². The van der Waals surface area contributed by atoms with E-state index < -0.39 is 0 Å². The van der Waals surface area contributed by atoms with Gasteiger partial charge in [0.05, 0.1) is 17.6 Å². The van der Waals surface area contributed by atoms with Gasteiger partial charge in [-0.3, -0.25) is 4.68 Å². The molecular formula is C17H23N7. The number of hydrogen-bond donors (Lipinski definition) is 1. The molecule has 0 amide bonds. The summed E-state index contributed by atoms with van der Waals surface area (Å²) in [7, 11) is 4.04. The zero-order valence-electron chi connectivity index (χ0n) is 14.5. The number of rotatable bonds is 4. The van der Waals surface area contributed by atoms with Gasteiger partial charge in [-0.15, -0.1) is 0 Å². The first kappa shape index (κ1) is 15.0. The first-order valence-electron chi connectivity index (χ1n) is 8.42. The molecule has 1 fully saturated rings. The van der Waals surface area contributed by atoms with Crippen molar-refractivity contribution < 1.29 is 0 Å². The molecule has 126 valence electrons. The standard InChI is InChI=1S/C17H23N7/c1-12-10-14-15(19-12)20-17(24-8-4-5-9-24)21-16(14)22(2)11-13-6-7-18-23(13)3/h6-7,10H,4-5,8-9,11H2,1-3H3,(H,19,20,21). The predicted molar refractivity (Wildman–Crippen MR) is 95.4 cm³/mol. The summed E-state index contributed by atoms with van der Waals surface area (Å²) in [6, 6.07) is 4.16. The van der Waals surface area contributed by atoms with Gasteiger partial charge in [-0.2, -0.15) is 15.1 Å². The molecule has 1 aliphatic rings. The second kappa shape index (κ2) is 5.81. The molecular weight excluding hydrogens is 302 g/mol. The van der Waals surface area contributed by atoms with Crippen LogP contribution in [0, 0.1) is 6.92 Å². The minimum atomic E-state index is 0.756. The van der Waals surface area contributed by atoms with Gasteiger partial charge in [0.25, 0.3) is 0 Å². The van der Waals surface area contributed by atoms with E-state index in [0.717, 1.165) is 53.8 Å². The van der Waals surface area contributed by atoms with Crippen molar-refractivity contribution in [3.05, 3.63) is 29.7 Å². The zero-order valence-corrected chi connectivity index (χ0v) is 14.5. The molecule has 1 saturated heterocycles. The summed E-state index contributed by atoms with van der Waals surface area (Å²) in [5, 5.41) is 5.32. The molecule has 24 heavy (non-hydrogen) atoms. The van der Waals surface area contributed by atoms with Crippen LogP contribution in [0.4, 0.5) is 11.8 Å². The number of aromatic amines is 1. The van der Waals surface area contributed by atoms with E-state index in [1.54, 1.807) is 0 Å². The number of nitrogens with one attached hydrogen (secondary N) is 1. The van der Waals surface area contributed by atoms with Crippen LogP contribution in [-0.2, 0) is 13.6 Å². The number of anilines is 2. The molecule has 0 unspecified atom stereocenters. The number of aromatic nitrogens is 5. The molecule has 3 aromatic rings. The highest BCUT2D eigenvalue weighted by Gasteiger charge is 2.20. The summed E-state index contributed by atoms with van der Waals surface area (Å²) in [6.45, 7) is 4.89. The monoisotopic (exact) mass is 325 g/mol. The van der Waals surface area contributed by atoms with E-state index in [1.807, 2.05) is 24.0 Å². The number of nitrogens with zero attached hydrogens (tertiary/aromatic N) is 6. The fraction of sp³-hybridized carbons (Fsp3) is 0.471. The molecule has 7 nitrogen and oxygen atoms in total. The molecule has 7 heteroatoms. The lowest BCUT2D eigenvalue weighted by atomic mass is 10.3. The molecule has 1 aliphatic heterocycles. The molecule has 0 spiro atoms. The fourth-order valence-corrected chi connectivity index (χ4v) is 3.34. The van der Waals surface area contributed by atoms with E-state index in [1.165, 1.54) is 12.8 Å². The van der Waals surface area contributed by atoms with Crippen molar-refractivity contribution in [2.45, 2.75) is 26.3 Å². The van der Waals surface area contributed by atoms with E-state index in [4.69, 9.17) is 9.97 Å². The van der Waals surface area contributed by atoms with Gasteiger partial charge >= 0.3 is 0 Å². The summed E-state index contributed by atoms with van der Waals surface area (Å²) < 4.78 is 1.90. The second-order valence-electron chi connectivity index (χ2n) is 6.56. The van der Waals surface area contributed by atoms with Crippen LogP contribution in [0.2, 0.25) is 0 Å². The highest BCUT2D eigenvalue weighted by Crippen LogP contribution is 2.28. The molecule has 4 heterocycles. The van der Waals surface area contributed by atoms with Gasteiger partial charge in [-0.05, 0) is 31.9 Å². The second-order valence-corrected chi connectivity index (χ2v) is 6.56. The average Bonchev–Trinajstić information content (AvgIpc) is 3.27. The lowest BCUT2D eigenvalue weighted by Gasteiger charge is -2.22. The smallest absolute Gasteiger partial charge is 0.229 e. The normalized spacial score (nSPS) is 14.7. The molecule has 3 aromatic heterocycles. The Hall–Kier alpha value is -2.57. The maximum absolute atomic E-state index is 4.90. The van der Waals surface area contributed by atoms with E-state index >= 15 is 0 Å². The summed E-state index contributed by atoms with van der Waals surface area (Å²) >= 11 is 0. The largest absolute Gasteiger partial charge is 0.353 e. The average molecular weight is 325 g/mol. The molecule has 1 N–H and O–H groups in total. The molecule has 0 aromatic carbocycles. The van der Waals surface area contributed by atoms with Crippen molar-refractivity contribution in [3.63, 3.8) is 0 Å². The lowest BCUT2D eigenvalue weighted by molar-refractivity contribution is 0.697. The summed E-state index contributed by atoms with van der Waals surface area (Å²) in [4.78, 5) is 17.5. The third-order valence-electron chi connectivity index (χ3n) is 4.66. The van der Waals surface area contributed by atoms with E-state index in [2.05, 4.69) is 39.9 Å². The van der Waals surface area contributed by atoms with Gasteiger partial charge in [0.2, 0.25) is 5.95 Å². The van der Waals surface area contributed by atoms with Crippen molar-refractivity contribution in [3.8, 4) is 0 Å². The van der Waals surface area contributed by atoms with Gasteiger partial charge in [0, 0.05) is 39.1 Å². The van der Waals surface area contributed by atoms with Crippen LogP contribution in [0.5, 0.6) is 0 Å².